The molecule has 2 aromatic heterocycles. The van der Waals surface area contributed by atoms with Gasteiger partial charge < -0.3 is 5.32 Å². The number of hydrogen-bond donors (Lipinski definition) is 1. The van der Waals surface area contributed by atoms with E-state index in [1.165, 1.54) is 18.4 Å². The molecule has 0 aliphatic rings. The molecule has 0 amide bonds. The number of nitrogens with one attached hydrogen (secondary N) is 1. The Morgan fingerprint density at radius 3 is 2.89 bits per heavy atom. The molecule has 98 valence electrons. The van der Waals surface area contributed by atoms with Crippen LogP contribution in [0, 0.1) is 0 Å². The van der Waals surface area contributed by atoms with Crippen LogP contribution in [-0.2, 0) is 10.0 Å². The SMILES string of the molecule is CN(C)S(=O)(=O)CCNc1cccc2nccn12. The van der Waals surface area contributed by atoms with Crippen molar-refractivity contribution in [1.82, 2.24) is 13.7 Å². The van der Waals surface area contributed by atoms with E-state index in [2.05, 4.69) is 10.3 Å². The van der Waals surface area contributed by atoms with Crippen LogP contribution in [0.4, 0.5) is 5.82 Å². The first-order chi connectivity index (χ1) is 8.50. The second kappa shape index (κ2) is 4.95. The van der Waals surface area contributed by atoms with Crippen LogP contribution in [0.1, 0.15) is 0 Å². The number of hydrogen-bond acceptors (Lipinski definition) is 4. The van der Waals surface area contributed by atoms with Gasteiger partial charge in [0.15, 0.2) is 0 Å². The second-order valence-corrected chi connectivity index (χ2v) is 6.39. The smallest absolute Gasteiger partial charge is 0.215 e. The molecule has 0 aliphatic heterocycles. The predicted octanol–water partition coefficient (Wildman–Crippen LogP) is 0.638. The van der Waals surface area contributed by atoms with Gasteiger partial charge in [-0.3, -0.25) is 4.40 Å². The lowest BCUT2D eigenvalue weighted by atomic mass is 10.4. The highest BCUT2D eigenvalue weighted by Gasteiger charge is 2.12. The lowest BCUT2D eigenvalue weighted by molar-refractivity contribution is 0.521. The standard InChI is InChI=1S/C11H16N4O2S/c1-14(2)18(16,17)9-7-13-11-5-3-4-10-12-6-8-15(10)11/h3-6,8,13H,7,9H2,1-2H3. The normalized spacial score (nSPS) is 12.2. The average molecular weight is 268 g/mol. The highest BCUT2D eigenvalue weighted by atomic mass is 32.2. The Kier molecular flexibility index (Phi) is 3.53. The van der Waals surface area contributed by atoms with Crippen LogP contribution in [0.25, 0.3) is 5.65 Å². The summed E-state index contributed by atoms with van der Waals surface area (Å²) in [6, 6.07) is 5.66. The number of pyridine rings is 1. The first-order valence-corrected chi connectivity index (χ1v) is 7.18. The summed E-state index contributed by atoms with van der Waals surface area (Å²) >= 11 is 0. The maximum atomic E-state index is 11.6. The van der Waals surface area contributed by atoms with Crippen LogP contribution in [0.2, 0.25) is 0 Å². The summed E-state index contributed by atoms with van der Waals surface area (Å²) in [5.74, 6) is 0.893. The molecule has 2 heterocycles. The highest BCUT2D eigenvalue weighted by molar-refractivity contribution is 7.89. The molecule has 1 N–H and O–H groups in total. The summed E-state index contributed by atoms with van der Waals surface area (Å²) < 4.78 is 26.3. The van der Waals surface area contributed by atoms with Gasteiger partial charge in [0.05, 0.1) is 5.75 Å². The highest BCUT2D eigenvalue weighted by Crippen LogP contribution is 2.10. The molecule has 0 bridgehead atoms. The molecule has 0 atom stereocenters. The minimum Gasteiger partial charge on any atom is -0.370 e. The van der Waals surface area contributed by atoms with Crippen molar-refractivity contribution < 1.29 is 8.42 Å². The van der Waals surface area contributed by atoms with Gasteiger partial charge in [0.1, 0.15) is 11.5 Å². The zero-order chi connectivity index (χ0) is 13.2. The molecular weight excluding hydrogens is 252 g/mol. The van der Waals surface area contributed by atoms with Crippen LogP contribution in [0.5, 0.6) is 0 Å². The van der Waals surface area contributed by atoms with Gasteiger partial charge in [-0.25, -0.2) is 17.7 Å². The molecule has 0 fully saturated rings. The molecule has 2 rings (SSSR count). The molecule has 0 aliphatic carbocycles. The van der Waals surface area contributed by atoms with Gasteiger partial charge in [0.25, 0.3) is 0 Å². The van der Waals surface area contributed by atoms with Crippen LogP contribution in [-0.4, -0.2) is 48.5 Å². The summed E-state index contributed by atoms with van der Waals surface area (Å²) in [5.41, 5.74) is 0.829. The van der Waals surface area contributed by atoms with Gasteiger partial charge in [0, 0.05) is 33.0 Å². The third kappa shape index (κ3) is 2.62. The molecule has 0 spiro atoms. The number of anilines is 1. The summed E-state index contributed by atoms with van der Waals surface area (Å²) in [7, 11) is -0.0950. The number of fused-ring (bicyclic) bond motifs is 1. The van der Waals surface area contributed by atoms with E-state index in [1.54, 1.807) is 6.20 Å². The largest absolute Gasteiger partial charge is 0.370 e. The molecule has 7 heteroatoms. The molecule has 0 unspecified atom stereocenters. The third-order valence-corrected chi connectivity index (χ3v) is 4.48. The van der Waals surface area contributed by atoms with E-state index in [1.807, 2.05) is 28.8 Å². The van der Waals surface area contributed by atoms with Gasteiger partial charge in [-0.1, -0.05) is 6.07 Å². The number of aromatic nitrogens is 2. The van der Waals surface area contributed by atoms with Crippen molar-refractivity contribution in [2.75, 3.05) is 31.7 Å². The van der Waals surface area contributed by atoms with Crippen LogP contribution >= 0.6 is 0 Å². The van der Waals surface area contributed by atoms with Crippen LogP contribution < -0.4 is 5.32 Å². The predicted molar refractivity (Wildman–Crippen MR) is 71.2 cm³/mol. The Balaban J connectivity index is 2.05. The van der Waals surface area contributed by atoms with Gasteiger partial charge in [-0.2, -0.15) is 0 Å². The van der Waals surface area contributed by atoms with Crippen molar-refractivity contribution in [2.45, 2.75) is 0 Å². The van der Waals surface area contributed by atoms with Crippen molar-refractivity contribution in [2.24, 2.45) is 0 Å². The zero-order valence-corrected chi connectivity index (χ0v) is 11.2. The van der Waals surface area contributed by atoms with Crippen LogP contribution in [0.15, 0.2) is 30.6 Å². The summed E-state index contributed by atoms with van der Waals surface area (Å²) in [6.45, 7) is 0.359. The molecule has 6 nitrogen and oxygen atoms in total. The maximum Gasteiger partial charge on any atom is 0.215 e. The molecular formula is C11H16N4O2S. The Morgan fingerprint density at radius 1 is 1.39 bits per heavy atom. The molecule has 18 heavy (non-hydrogen) atoms. The Bertz CT molecular complexity index is 633. The minimum atomic E-state index is -3.16. The van der Waals surface area contributed by atoms with Crippen molar-refractivity contribution in [3.05, 3.63) is 30.6 Å². The third-order valence-electron chi connectivity index (χ3n) is 2.65. The van der Waals surface area contributed by atoms with Gasteiger partial charge in [0.2, 0.25) is 10.0 Å². The van der Waals surface area contributed by atoms with Crippen molar-refractivity contribution in [3.63, 3.8) is 0 Å². The number of sulfonamides is 1. The molecule has 0 saturated heterocycles. The Hall–Kier alpha value is -1.60. The quantitative estimate of drug-likeness (QED) is 0.864. The van der Waals surface area contributed by atoms with Crippen molar-refractivity contribution >= 4 is 21.5 Å². The molecule has 0 aromatic carbocycles. The fourth-order valence-electron chi connectivity index (χ4n) is 1.58. The minimum absolute atomic E-state index is 0.0606. The first kappa shape index (κ1) is 12.8. The molecule has 0 saturated carbocycles. The van der Waals surface area contributed by atoms with Gasteiger partial charge in [-0.05, 0) is 12.1 Å². The fraction of sp³-hybridized carbons (Fsp3) is 0.364. The zero-order valence-electron chi connectivity index (χ0n) is 10.4. The molecule has 0 radical (unpaired) electrons. The summed E-state index contributed by atoms with van der Waals surface area (Å²) in [5, 5.41) is 3.10. The first-order valence-electron chi connectivity index (χ1n) is 5.57. The van der Waals surface area contributed by atoms with E-state index in [0.29, 0.717) is 6.54 Å². The Morgan fingerprint density at radius 2 is 2.17 bits per heavy atom. The van der Waals surface area contributed by atoms with Gasteiger partial charge in [-0.15, -0.1) is 0 Å². The second-order valence-electron chi connectivity index (χ2n) is 4.09. The van der Waals surface area contributed by atoms with E-state index in [4.69, 9.17) is 0 Å². The van der Waals surface area contributed by atoms with Gasteiger partial charge >= 0.3 is 0 Å². The number of rotatable bonds is 5. The summed E-state index contributed by atoms with van der Waals surface area (Å²) in [6.07, 6.45) is 3.54. The molecule has 2 aromatic rings. The van der Waals surface area contributed by atoms with E-state index in [0.717, 1.165) is 11.5 Å². The summed E-state index contributed by atoms with van der Waals surface area (Å²) in [4.78, 5) is 4.16. The van der Waals surface area contributed by atoms with E-state index in [9.17, 15) is 8.42 Å². The lowest BCUT2D eigenvalue weighted by Crippen LogP contribution is -2.28. The number of nitrogens with zero attached hydrogens (tertiary/aromatic N) is 3. The topological polar surface area (TPSA) is 66.7 Å². The van der Waals surface area contributed by atoms with Crippen molar-refractivity contribution in [1.29, 1.82) is 0 Å². The van der Waals surface area contributed by atoms with Crippen molar-refractivity contribution in [3.8, 4) is 0 Å². The van der Waals surface area contributed by atoms with E-state index in [-0.39, 0.29) is 5.75 Å². The Labute approximate surface area is 106 Å². The van der Waals surface area contributed by atoms with E-state index >= 15 is 0 Å². The average Bonchev–Trinajstić information content (AvgIpc) is 2.77. The van der Waals surface area contributed by atoms with Crippen LogP contribution in [0.3, 0.4) is 0 Å². The lowest BCUT2D eigenvalue weighted by Gasteiger charge is -2.12. The monoisotopic (exact) mass is 268 g/mol. The fourth-order valence-corrected chi connectivity index (χ4v) is 2.31. The maximum absolute atomic E-state index is 11.6. The van der Waals surface area contributed by atoms with E-state index < -0.39 is 10.0 Å². The number of imidazole rings is 1.